The minimum absolute atomic E-state index is 0.197. The van der Waals surface area contributed by atoms with E-state index in [2.05, 4.69) is 6.58 Å². The standard InChI is InChI=1S/C28H30O7/c1-3-28(29)34-21-19-32-17-16-31-18-20-33-25-12-14-27(15-13-25)35-26-10-6-23(7-11-26)22-4-8-24(30-2)9-5-22/h3-15H,1,16-21H2,2H3. The summed E-state index contributed by atoms with van der Waals surface area (Å²) in [6, 6.07) is 23.3. The van der Waals surface area contributed by atoms with Crippen LogP contribution in [0.5, 0.6) is 23.0 Å². The van der Waals surface area contributed by atoms with Crippen LogP contribution in [0.2, 0.25) is 0 Å². The van der Waals surface area contributed by atoms with Crippen LogP contribution in [-0.4, -0.2) is 52.7 Å². The first-order chi connectivity index (χ1) is 17.2. The summed E-state index contributed by atoms with van der Waals surface area (Å²) in [5.41, 5.74) is 2.22. The molecular weight excluding hydrogens is 448 g/mol. The van der Waals surface area contributed by atoms with Gasteiger partial charge in [-0.2, -0.15) is 0 Å². The topological polar surface area (TPSA) is 72.5 Å². The molecule has 7 heteroatoms. The van der Waals surface area contributed by atoms with Crippen molar-refractivity contribution in [1.29, 1.82) is 0 Å². The summed E-state index contributed by atoms with van der Waals surface area (Å²) in [4.78, 5) is 10.9. The first-order valence-corrected chi connectivity index (χ1v) is 11.3. The molecule has 0 atom stereocenters. The van der Waals surface area contributed by atoms with Crippen LogP contribution in [0.1, 0.15) is 0 Å². The second kappa shape index (κ2) is 14.5. The van der Waals surface area contributed by atoms with Crippen molar-refractivity contribution in [3.05, 3.63) is 85.5 Å². The second-order valence-electron chi connectivity index (χ2n) is 7.27. The number of esters is 1. The average Bonchev–Trinajstić information content (AvgIpc) is 2.91. The molecule has 3 aromatic carbocycles. The fraction of sp³-hybridized carbons (Fsp3) is 0.250. The molecule has 0 unspecified atom stereocenters. The van der Waals surface area contributed by atoms with Crippen LogP contribution < -0.4 is 14.2 Å². The molecule has 0 saturated heterocycles. The molecule has 3 aromatic rings. The third kappa shape index (κ3) is 9.16. The molecule has 0 aromatic heterocycles. The first kappa shape index (κ1) is 25.8. The summed E-state index contributed by atoms with van der Waals surface area (Å²) in [6.45, 7) is 5.54. The Balaban J connectivity index is 1.31. The molecule has 0 radical (unpaired) electrons. The summed E-state index contributed by atoms with van der Waals surface area (Å²) in [5.74, 6) is 2.59. The highest BCUT2D eigenvalue weighted by atomic mass is 16.6. The molecule has 184 valence electrons. The van der Waals surface area contributed by atoms with E-state index in [4.69, 9.17) is 28.4 Å². The second-order valence-corrected chi connectivity index (χ2v) is 7.27. The molecule has 0 aliphatic carbocycles. The van der Waals surface area contributed by atoms with E-state index in [0.717, 1.165) is 40.2 Å². The van der Waals surface area contributed by atoms with Gasteiger partial charge in [0.1, 0.15) is 36.2 Å². The Hall–Kier alpha value is -3.81. The van der Waals surface area contributed by atoms with Crippen molar-refractivity contribution in [3.63, 3.8) is 0 Å². The Kier molecular flexibility index (Phi) is 10.7. The van der Waals surface area contributed by atoms with Crippen LogP contribution in [0.3, 0.4) is 0 Å². The Morgan fingerprint density at radius 2 is 1.11 bits per heavy atom. The van der Waals surface area contributed by atoms with Gasteiger partial charge in [0.2, 0.25) is 0 Å². The van der Waals surface area contributed by atoms with Crippen LogP contribution in [0.4, 0.5) is 0 Å². The molecule has 0 spiro atoms. The lowest BCUT2D eigenvalue weighted by Gasteiger charge is -2.10. The molecule has 0 saturated carbocycles. The highest BCUT2D eigenvalue weighted by Crippen LogP contribution is 2.28. The van der Waals surface area contributed by atoms with Crippen LogP contribution in [0, 0.1) is 0 Å². The van der Waals surface area contributed by atoms with E-state index in [1.807, 2.05) is 72.8 Å². The Morgan fingerprint density at radius 3 is 1.66 bits per heavy atom. The molecule has 0 aliphatic heterocycles. The van der Waals surface area contributed by atoms with Crippen LogP contribution in [0.25, 0.3) is 11.1 Å². The largest absolute Gasteiger partial charge is 0.497 e. The van der Waals surface area contributed by atoms with Gasteiger partial charge in [0.05, 0.1) is 33.5 Å². The van der Waals surface area contributed by atoms with Crippen LogP contribution in [-0.2, 0) is 19.0 Å². The first-order valence-electron chi connectivity index (χ1n) is 11.3. The van der Waals surface area contributed by atoms with Crippen LogP contribution >= 0.6 is 0 Å². The highest BCUT2D eigenvalue weighted by Gasteiger charge is 2.02. The monoisotopic (exact) mass is 478 g/mol. The lowest BCUT2D eigenvalue weighted by molar-refractivity contribution is -0.139. The summed E-state index contributed by atoms with van der Waals surface area (Å²) in [5, 5.41) is 0. The number of carbonyl (C=O) groups excluding carboxylic acids is 1. The Morgan fingerprint density at radius 1 is 0.657 bits per heavy atom. The third-order valence-electron chi connectivity index (χ3n) is 4.84. The van der Waals surface area contributed by atoms with Gasteiger partial charge in [-0.1, -0.05) is 30.8 Å². The minimum atomic E-state index is -0.457. The fourth-order valence-electron chi connectivity index (χ4n) is 3.04. The summed E-state index contributed by atoms with van der Waals surface area (Å²) < 4.78 is 32.4. The van der Waals surface area contributed by atoms with Crippen molar-refractivity contribution in [1.82, 2.24) is 0 Å². The van der Waals surface area contributed by atoms with Crippen molar-refractivity contribution in [2.75, 3.05) is 46.8 Å². The minimum Gasteiger partial charge on any atom is -0.497 e. The molecule has 0 bridgehead atoms. The van der Waals surface area contributed by atoms with Gasteiger partial charge in [-0.05, 0) is 59.7 Å². The van der Waals surface area contributed by atoms with Gasteiger partial charge >= 0.3 is 5.97 Å². The summed E-state index contributed by atoms with van der Waals surface area (Å²) in [7, 11) is 1.66. The number of ether oxygens (including phenoxy) is 6. The zero-order valence-electron chi connectivity index (χ0n) is 19.8. The van der Waals surface area contributed by atoms with E-state index in [1.54, 1.807) is 7.11 Å². The van der Waals surface area contributed by atoms with Crippen molar-refractivity contribution < 1.29 is 33.2 Å². The van der Waals surface area contributed by atoms with E-state index >= 15 is 0 Å². The Bertz CT molecular complexity index is 1030. The number of carbonyl (C=O) groups is 1. The van der Waals surface area contributed by atoms with E-state index in [1.165, 1.54) is 0 Å². The van der Waals surface area contributed by atoms with Crippen molar-refractivity contribution in [3.8, 4) is 34.1 Å². The third-order valence-corrected chi connectivity index (χ3v) is 4.84. The SMILES string of the molecule is C=CC(=O)OCCOCCOCCOc1ccc(Oc2ccc(-c3ccc(OC)cc3)cc2)cc1. The molecule has 0 heterocycles. The fourth-order valence-corrected chi connectivity index (χ4v) is 3.04. The molecule has 0 aliphatic rings. The summed E-state index contributed by atoms with van der Waals surface area (Å²) in [6.07, 6.45) is 1.12. The van der Waals surface area contributed by atoms with Gasteiger partial charge < -0.3 is 28.4 Å². The van der Waals surface area contributed by atoms with Gasteiger partial charge in [0.15, 0.2) is 0 Å². The average molecular weight is 479 g/mol. The van der Waals surface area contributed by atoms with Crippen molar-refractivity contribution in [2.24, 2.45) is 0 Å². The maximum absolute atomic E-state index is 10.9. The van der Waals surface area contributed by atoms with E-state index in [0.29, 0.717) is 33.0 Å². The molecule has 0 fully saturated rings. The van der Waals surface area contributed by atoms with E-state index in [9.17, 15) is 4.79 Å². The van der Waals surface area contributed by atoms with Crippen molar-refractivity contribution >= 4 is 5.97 Å². The van der Waals surface area contributed by atoms with E-state index < -0.39 is 5.97 Å². The lowest BCUT2D eigenvalue weighted by Crippen LogP contribution is -2.13. The maximum atomic E-state index is 10.9. The zero-order chi connectivity index (χ0) is 24.7. The number of methoxy groups -OCH3 is 1. The van der Waals surface area contributed by atoms with Crippen molar-refractivity contribution in [2.45, 2.75) is 0 Å². The number of hydrogen-bond donors (Lipinski definition) is 0. The predicted octanol–water partition coefficient (Wildman–Crippen LogP) is 5.30. The maximum Gasteiger partial charge on any atom is 0.330 e. The number of benzene rings is 3. The van der Waals surface area contributed by atoms with Gasteiger partial charge in [0, 0.05) is 6.08 Å². The number of rotatable bonds is 15. The van der Waals surface area contributed by atoms with E-state index in [-0.39, 0.29) is 6.61 Å². The van der Waals surface area contributed by atoms with Gasteiger partial charge in [-0.15, -0.1) is 0 Å². The molecular formula is C28H30O7. The molecule has 35 heavy (non-hydrogen) atoms. The zero-order valence-corrected chi connectivity index (χ0v) is 19.8. The highest BCUT2D eigenvalue weighted by molar-refractivity contribution is 5.81. The van der Waals surface area contributed by atoms with Crippen LogP contribution in [0.15, 0.2) is 85.5 Å². The molecule has 7 nitrogen and oxygen atoms in total. The molecule has 0 N–H and O–H groups in total. The quantitative estimate of drug-likeness (QED) is 0.167. The normalized spacial score (nSPS) is 10.4. The molecule has 3 rings (SSSR count). The smallest absolute Gasteiger partial charge is 0.330 e. The number of hydrogen-bond acceptors (Lipinski definition) is 7. The molecule has 0 amide bonds. The van der Waals surface area contributed by atoms with Gasteiger partial charge in [-0.3, -0.25) is 0 Å². The van der Waals surface area contributed by atoms with Gasteiger partial charge in [-0.25, -0.2) is 4.79 Å². The lowest BCUT2D eigenvalue weighted by atomic mass is 10.1. The summed E-state index contributed by atoms with van der Waals surface area (Å²) >= 11 is 0. The predicted molar refractivity (Wildman–Crippen MR) is 133 cm³/mol. The van der Waals surface area contributed by atoms with Gasteiger partial charge in [0.25, 0.3) is 0 Å². The Labute approximate surface area is 205 Å².